The van der Waals surface area contributed by atoms with Crippen molar-refractivity contribution < 1.29 is 4.21 Å². The highest BCUT2D eigenvalue weighted by Gasteiger charge is 2.17. The topological polar surface area (TPSA) is 29.1 Å². The molecule has 2 heterocycles. The zero-order valence-corrected chi connectivity index (χ0v) is 10.6. The van der Waals surface area contributed by atoms with Crippen molar-refractivity contribution in [2.45, 2.75) is 32.4 Å². The van der Waals surface area contributed by atoms with Gasteiger partial charge < -0.3 is 5.32 Å². The highest BCUT2D eigenvalue weighted by atomic mass is 32.2. The van der Waals surface area contributed by atoms with Crippen molar-refractivity contribution in [1.29, 1.82) is 0 Å². The van der Waals surface area contributed by atoms with Crippen LogP contribution < -0.4 is 5.32 Å². The van der Waals surface area contributed by atoms with E-state index in [1.807, 2.05) is 0 Å². The van der Waals surface area contributed by atoms with Gasteiger partial charge in [-0.2, -0.15) is 11.3 Å². The maximum Gasteiger partial charge on any atom is 0.0249 e. The first kappa shape index (κ1) is 11.3. The predicted octanol–water partition coefficient (Wildman–Crippen LogP) is 2.06. The lowest BCUT2D eigenvalue weighted by atomic mass is 10.1. The molecule has 1 saturated heterocycles. The van der Waals surface area contributed by atoms with Crippen LogP contribution in [0.2, 0.25) is 0 Å². The van der Waals surface area contributed by atoms with Gasteiger partial charge in [-0.15, -0.1) is 0 Å². The average molecular weight is 243 g/mol. The molecule has 0 spiro atoms. The first-order chi connectivity index (χ1) is 7.25. The van der Waals surface area contributed by atoms with Crippen LogP contribution >= 0.6 is 11.3 Å². The number of hydrogen-bond donors (Lipinski definition) is 1. The third-order valence-electron chi connectivity index (χ3n) is 2.93. The van der Waals surface area contributed by atoms with Gasteiger partial charge in [-0.1, -0.05) is 0 Å². The molecule has 0 aliphatic carbocycles. The van der Waals surface area contributed by atoms with Gasteiger partial charge >= 0.3 is 0 Å². The Morgan fingerprint density at radius 2 is 2.20 bits per heavy atom. The monoisotopic (exact) mass is 243 g/mol. The van der Waals surface area contributed by atoms with Gasteiger partial charge in [0.1, 0.15) is 0 Å². The first-order valence-corrected chi connectivity index (χ1v) is 7.79. The van der Waals surface area contributed by atoms with E-state index in [1.165, 1.54) is 11.1 Å². The molecule has 0 radical (unpaired) electrons. The van der Waals surface area contributed by atoms with E-state index >= 15 is 0 Å². The Morgan fingerprint density at radius 3 is 2.80 bits per heavy atom. The lowest BCUT2D eigenvalue weighted by Crippen LogP contribution is -2.35. The maximum absolute atomic E-state index is 11.2. The Balaban J connectivity index is 1.79. The summed E-state index contributed by atoms with van der Waals surface area (Å²) in [6.07, 6.45) is 2.13. The molecule has 1 fully saturated rings. The second kappa shape index (κ2) is 5.23. The molecular formula is C11H17NOS2. The van der Waals surface area contributed by atoms with E-state index < -0.39 is 10.8 Å². The smallest absolute Gasteiger partial charge is 0.0249 e. The highest BCUT2D eigenvalue weighted by molar-refractivity contribution is 7.85. The number of nitrogens with one attached hydrogen (secondary N) is 1. The minimum atomic E-state index is -0.544. The first-order valence-electron chi connectivity index (χ1n) is 5.36. The zero-order chi connectivity index (χ0) is 10.7. The SMILES string of the molecule is Cc1cscc1CNC1CCS(=O)CC1. The molecule has 1 aliphatic rings. The Kier molecular flexibility index (Phi) is 3.94. The van der Waals surface area contributed by atoms with Gasteiger partial charge in [0.05, 0.1) is 0 Å². The summed E-state index contributed by atoms with van der Waals surface area (Å²) in [6, 6.07) is 0.571. The molecule has 1 aromatic rings. The van der Waals surface area contributed by atoms with E-state index in [9.17, 15) is 4.21 Å². The summed E-state index contributed by atoms with van der Waals surface area (Å²) < 4.78 is 11.2. The van der Waals surface area contributed by atoms with Crippen LogP contribution in [0.5, 0.6) is 0 Å². The van der Waals surface area contributed by atoms with Crippen molar-refractivity contribution in [3.8, 4) is 0 Å². The molecule has 0 amide bonds. The second-order valence-corrected chi connectivity index (χ2v) is 6.52. The third-order valence-corrected chi connectivity index (χ3v) is 5.22. The molecule has 1 aliphatic heterocycles. The van der Waals surface area contributed by atoms with Gasteiger partial charge in [0, 0.05) is 34.9 Å². The average Bonchev–Trinajstić information content (AvgIpc) is 2.63. The van der Waals surface area contributed by atoms with Crippen LogP contribution in [0.15, 0.2) is 10.8 Å². The number of aryl methyl sites for hydroxylation is 1. The molecule has 15 heavy (non-hydrogen) atoms. The van der Waals surface area contributed by atoms with E-state index in [0.29, 0.717) is 6.04 Å². The second-order valence-electron chi connectivity index (χ2n) is 4.08. The van der Waals surface area contributed by atoms with Crippen molar-refractivity contribution >= 4 is 22.1 Å². The van der Waals surface area contributed by atoms with E-state index in [1.54, 1.807) is 11.3 Å². The summed E-state index contributed by atoms with van der Waals surface area (Å²) in [7, 11) is -0.544. The fourth-order valence-electron chi connectivity index (χ4n) is 1.82. The van der Waals surface area contributed by atoms with Crippen molar-refractivity contribution in [3.05, 3.63) is 21.9 Å². The Morgan fingerprint density at radius 1 is 1.47 bits per heavy atom. The van der Waals surface area contributed by atoms with Gasteiger partial charge in [0.25, 0.3) is 0 Å². The molecule has 0 aromatic carbocycles. The predicted molar refractivity (Wildman–Crippen MR) is 66.8 cm³/mol. The lowest BCUT2D eigenvalue weighted by molar-refractivity contribution is 0.475. The van der Waals surface area contributed by atoms with Crippen LogP contribution in [0, 0.1) is 6.92 Å². The van der Waals surface area contributed by atoms with Crippen molar-refractivity contribution in [3.63, 3.8) is 0 Å². The van der Waals surface area contributed by atoms with Gasteiger partial charge in [0.15, 0.2) is 0 Å². The summed E-state index contributed by atoms with van der Waals surface area (Å²) in [4.78, 5) is 0. The van der Waals surface area contributed by atoms with E-state index in [-0.39, 0.29) is 0 Å². The van der Waals surface area contributed by atoms with E-state index in [0.717, 1.165) is 30.9 Å². The molecule has 2 rings (SSSR count). The molecule has 1 aromatic heterocycles. The number of thiophene rings is 1. The molecule has 0 bridgehead atoms. The molecule has 4 heteroatoms. The van der Waals surface area contributed by atoms with E-state index in [2.05, 4.69) is 23.0 Å². The zero-order valence-electron chi connectivity index (χ0n) is 8.99. The molecule has 1 N–H and O–H groups in total. The minimum Gasteiger partial charge on any atom is -0.310 e. The van der Waals surface area contributed by atoms with Crippen LogP contribution in [0.3, 0.4) is 0 Å². The summed E-state index contributed by atoms with van der Waals surface area (Å²) in [5.74, 6) is 1.75. The fraction of sp³-hybridized carbons (Fsp3) is 0.636. The quantitative estimate of drug-likeness (QED) is 0.880. The normalized spacial score (nSPS) is 26.7. The number of rotatable bonds is 3. The maximum atomic E-state index is 11.2. The minimum absolute atomic E-state index is 0.544. The number of hydrogen-bond acceptors (Lipinski definition) is 3. The Hall–Kier alpha value is -0.190. The summed E-state index contributed by atoms with van der Waals surface area (Å²) in [6.45, 7) is 3.12. The van der Waals surface area contributed by atoms with E-state index in [4.69, 9.17) is 0 Å². The lowest BCUT2D eigenvalue weighted by Gasteiger charge is -2.22. The van der Waals surface area contributed by atoms with Gasteiger partial charge in [-0.05, 0) is 41.7 Å². The summed E-state index contributed by atoms with van der Waals surface area (Å²) in [5, 5.41) is 7.96. The fourth-order valence-corrected chi connectivity index (χ4v) is 3.98. The Labute approximate surface area is 97.5 Å². The van der Waals surface area contributed by atoms with Gasteiger partial charge in [0.2, 0.25) is 0 Å². The molecule has 0 atom stereocenters. The van der Waals surface area contributed by atoms with Gasteiger partial charge in [-0.25, -0.2) is 0 Å². The summed E-state index contributed by atoms with van der Waals surface area (Å²) >= 11 is 1.76. The molecular weight excluding hydrogens is 226 g/mol. The van der Waals surface area contributed by atoms with Gasteiger partial charge in [-0.3, -0.25) is 4.21 Å². The Bertz CT molecular complexity index is 338. The largest absolute Gasteiger partial charge is 0.310 e. The van der Waals surface area contributed by atoms with Crippen molar-refractivity contribution in [2.75, 3.05) is 11.5 Å². The molecule has 84 valence electrons. The van der Waals surface area contributed by atoms with Crippen molar-refractivity contribution in [2.24, 2.45) is 0 Å². The molecule has 2 nitrogen and oxygen atoms in total. The highest BCUT2D eigenvalue weighted by Crippen LogP contribution is 2.15. The van der Waals surface area contributed by atoms with Crippen LogP contribution in [-0.2, 0) is 17.3 Å². The molecule has 0 saturated carbocycles. The van der Waals surface area contributed by atoms with Crippen LogP contribution in [-0.4, -0.2) is 21.8 Å². The van der Waals surface area contributed by atoms with Crippen LogP contribution in [0.4, 0.5) is 0 Å². The molecule has 0 unspecified atom stereocenters. The van der Waals surface area contributed by atoms with Crippen LogP contribution in [0.25, 0.3) is 0 Å². The third kappa shape index (κ3) is 3.13. The van der Waals surface area contributed by atoms with Crippen LogP contribution in [0.1, 0.15) is 24.0 Å². The van der Waals surface area contributed by atoms with Crippen molar-refractivity contribution in [1.82, 2.24) is 5.32 Å². The standard InChI is InChI=1S/C11H17NOS2/c1-9-7-14-8-10(9)6-12-11-2-4-15(13)5-3-11/h7-8,11-12H,2-6H2,1H3. The summed E-state index contributed by atoms with van der Waals surface area (Å²) in [5.41, 5.74) is 2.79.